The Hall–Kier alpha value is -1.51. The van der Waals surface area contributed by atoms with Crippen molar-refractivity contribution in [3.8, 4) is 0 Å². The molecule has 1 amide bonds. The molecular formula is C20H34IN5O. The zero-order valence-corrected chi connectivity index (χ0v) is 19.5. The smallest absolute Gasteiger partial charge is 0.227 e. The normalized spacial score (nSPS) is 15.2. The number of rotatable bonds is 5. The van der Waals surface area contributed by atoms with Gasteiger partial charge in [0, 0.05) is 52.0 Å². The third kappa shape index (κ3) is 6.55. The van der Waals surface area contributed by atoms with Crippen molar-refractivity contribution in [3.05, 3.63) is 29.8 Å². The van der Waals surface area contributed by atoms with Crippen LogP contribution in [0.3, 0.4) is 0 Å². The molecular weight excluding hydrogens is 453 g/mol. The Bertz CT molecular complexity index is 639. The molecule has 0 unspecified atom stereocenters. The summed E-state index contributed by atoms with van der Waals surface area (Å²) < 4.78 is 0. The number of amides is 1. The lowest BCUT2D eigenvalue weighted by molar-refractivity contribution is -0.128. The summed E-state index contributed by atoms with van der Waals surface area (Å²) in [6.45, 7) is 12.9. The van der Waals surface area contributed by atoms with E-state index < -0.39 is 5.41 Å². The first-order valence-corrected chi connectivity index (χ1v) is 9.43. The van der Waals surface area contributed by atoms with E-state index >= 15 is 0 Å². The van der Waals surface area contributed by atoms with Crippen LogP contribution in [0.4, 0.5) is 5.69 Å². The summed E-state index contributed by atoms with van der Waals surface area (Å²) in [6, 6.07) is 8.64. The highest BCUT2D eigenvalue weighted by atomic mass is 127. The van der Waals surface area contributed by atoms with E-state index in [0.29, 0.717) is 13.1 Å². The third-order valence-corrected chi connectivity index (χ3v) is 4.80. The molecule has 1 saturated heterocycles. The van der Waals surface area contributed by atoms with E-state index in [1.807, 2.05) is 20.8 Å². The van der Waals surface area contributed by atoms with E-state index in [0.717, 1.165) is 32.1 Å². The molecule has 7 heteroatoms. The standard InChI is InChI=1S/C20H33N5O.HI/c1-6-22-18(26)20(3,4)15-23-19(21-5)25-12-10-24(11-13-25)17-9-7-8-16(2)14-17;/h7-9,14H,6,10-13,15H2,1-5H3,(H,21,23)(H,22,26);1H. The van der Waals surface area contributed by atoms with Gasteiger partial charge in [-0.2, -0.15) is 0 Å². The summed E-state index contributed by atoms with van der Waals surface area (Å²) in [7, 11) is 1.80. The Kier molecular flexibility index (Phi) is 9.35. The number of aryl methyl sites for hydroxylation is 1. The number of nitrogens with one attached hydrogen (secondary N) is 2. The van der Waals surface area contributed by atoms with E-state index in [2.05, 4.69) is 56.6 Å². The Balaban J connectivity index is 0.00000364. The summed E-state index contributed by atoms with van der Waals surface area (Å²) in [6.07, 6.45) is 0. The van der Waals surface area contributed by atoms with Crippen LogP contribution in [-0.2, 0) is 4.79 Å². The molecule has 1 aliphatic heterocycles. The molecule has 1 fully saturated rings. The second kappa shape index (κ2) is 10.7. The summed E-state index contributed by atoms with van der Waals surface area (Å²) in [5.74, 6) is 0.929. The monoisotopic (exact) mass is 487 g/mol. The first-order valence-electron chi connectivity index (χ1n) is 9.43. The van der Waals surface area contributed by atoms with Crippen LogP contribution in [0.25, 0.3) is 0 Å². The summed E-state index contributed by atoms with van der Waals surface area (Å²) in [5, 5.41) is 6.28. The number of carbonyl (C=O) groups excluding carboxylic acids is 1. The van der Waals surface area contributed by atoms with Crippen molar-refractivity contribution < 1.29 is 4.79 Å². The van der Waals surface area contributed by atoms with Crippen molar-refractivity contribution in [2.75, 3.05) is 51.2 Å². The van der Waals surface area contributed by atoms with E-state index in [-0.39, 0.29) is 29.9 Å². The van der Waals surface area contributed by atoms with Gasteiger partial charge >= 0.3 is 0 Å². The van der Waals surface area contributed by atoms with Gasteiger partial charge in [0.05, 0.1) is 5.41 Å². The summed E-state index contributed by atoms with van der Waals surface area (Å²) >= 11 is 0. The molecule has 0 bridgehead atoms. The number of guanidine groups is 1. The highest BCUT2D eigenvalue weighted by Crippen LogP contribution is 2.18. The summed E-state index contributed by atoms with van der Waals surface area (Å²) in [5.41, 5.74) is 2.09. The van der Waals surface area contributed by atoms with Gasteiger partial charge in [-0.3, -0.25) is 9.79 Å². The van der Waals surface area contributed by atoms with E-state index in [1.54, 1.807) is 7.05 Å². The molecule has 0 spiro atoms. The van der Waals surface area contributed by atoms with Gasteiger partial charge in [-0.1, -0.05) is 12.1 Å². The number of hydrogen-bond donors (Lipinski definition) is 2. The first-order chi connectivity index (χ1) is 12.4. The van der Waals surface area contributed by atoms with Crippen LogP contribution in [0.15, 0.2) is 29.3 Å². The van der Waals surface area contributed by atoms with Crippen molar-refractivity contribution in [1.29, 1.82) is 0 Å². The van der Waals surface area contributed by atoms with Gasteiger partial charge in [-0.15, -0.1) is 24.0 Å². The minimum absolute atomic E-state index is 0. The molecule has 1 aromatic rings. The van der Waals surface area contributed by atoms with Crippen LogP contribution in [0.2, 0.25) is 0 Å². The maximum atomic E-state index is 12.2. The molecule has 0 atom stereocenters. The van der Waals surface area contributed by atoms with E-state index in [9.17, 15) is 4.79 Å². The van der Waals surface area contributed by atoms with Gasteiger partial charge in [0.15, 0.2) is 5.96 Å². The van der Waals surface area contributed by atoms with Crippen molar-refractivity contribution in [2.45, 2.75) is 27.7 Å². The molecule has 1 aliphatic rings. The van der Waals surface area contributed by atoms with Gasteiger partial charge in [0.25, 0.3) is 0 Å². The zero-order valence-electron chi connectivity index (χ0n) is 17.2. The Morgan fingerprint density at radius 2 is 1.85 bits per heavy atom. The highest BCUT2D eigenvalue weighted by Gasteiger charge is 2.28. The Morgan fingerprint density at radius 1 is 1.19 bits per heavy atom. The van der Waals surface area contributed by atoms with Crippen molar-refractivity contribution in [2.24, 2.45) is 10.4 Å². The number of hydrogen-bond acceptors (Lipinski definition) is 3. The third-order valence-electron chi connectivity index (χ3n) is 4.80. The number of piperazine rings is 1. The Morgan fingerprint density at radius 3 is 2.41 bits per heavy atom. The van der Waals surface area contributed by atoms with Crippen LogP contribution >= 0.6 is 24.0 Å². The highest BCUT2D eigenvalue weighted by molar-refractivity contribution is 14.0. The van der Waals surface area contributed by atoms with Crippen molar-refractivity contribution in [1.82, 2.24) is 15.5 Å². The number of nitrogens with zero attached hydrogens (tertiary/aromatic N) is 3. The van der Waals surface area contributed by atoms with Gasteiger partial charge in [-0.05, 0) is 45.4 Å². The van der Waals surface area contributed by atoms with Gasteiger partial charge in [0.1, 0.15) is 0 Å². The fourth-order valence-electron chi connectivity index (χ4n) is 3.11. The number of aliphatic imine (C=N–C) groups is 1. The zero-order chi connectivity index (χ0) is 19.2. The topological polar surface area (TPSA) is 60.0 Å². The van der Waals surface area contributed by atoms with Crippen molar-refractivity contribution in [3.63, 3.8) is 0 Å². The van der Waals surface area contributed by atoms with E-state index in [1.165, 1.54) is 11.3 Å². The lowest BCUT2D eigenvalue weighted by Crippen LogP contribution is -2.54. The van der Waals surface area contributed by atoms with Gasteiger partial charge < -0.3 is 20.4 Å². The molecule has 152 valence electrons. The van der Waals surface area contributed by atoms with Crippen molar-refractivity contribution >= 4 is 41.5 Å². The molecule has 0 aromatic heterocycles. The average Bonchev–Trinajstić information content (AvgIpc) is 2.63. The van der Waals surface area contributed by atoms with Crippen LogP contribution in [0.1, 0.15) is 26.3 Å². The predicted octanol–water partition coefficient (Wildman–Crippen LogP) is 2.47. The maximum absolute atomic E-state index is 12.2. The van der Waals surface area contributed by atoms with E-state index in [4.69, 9.17) is 0 Å². The number of carbonyl (C=O) groups is 1. The molecule has 1 aromatic carbocycles. The SMILES string of the molecule is CCNC(=O)C(C)(C)CNC(=NC)N1CCN(c2cccc(C)c2)CC1.I. The molecule has 2 N–H and O–H groups in total. The van der Waals surface area contributed by atoms with Gasteiger partial charge in [-0.25, -0.2) is 0 Å². The van der Waals surface area contributed by atoms with Crippen LogP contribution < -0.4 is 15.5 Å². The first kappa shape index (κ1) is 23.5. The van der Waals surface area contributed by atoms with Crippen LogP contribution in [0, 0.1) is 12.3 Å². The molecule has 6 nitrogen and oxygen atoms in total. The average molecular weight is 487 g/mol. The lowest BCUT2D eigenvalue weighted by atomic mass is 9.92. The fraction of sp³-hybridized carbons (Fsp3) is 0.600. The summed E-state index contributed by atoms with van der Waals surface area (Å²) in [4.78, 5) is 21.2. The van der Waals surface area contributed by atoms with Crippen LogP contribution in [-0.4, -0.2) is 63.1 Å². The lowest BCUT2D eigenvalue weighted by Gasteiger charge is -2.38. The minimum Gasteiger partial charge on any atom is -0.368 e. The van der Waals surface area contributed by atoms with Gasteiger partial charge in [0.2, 0.25) is 5.91 Å². The van der Waals surface area contributed by atoms with Crippen LogP contribution in [0.5, 0.6) is 0 Å². The molecule has 27 heavy (non-hydrogen) atoms. The second-order valence-corrected chi connectivity index (χ2v) is 7.46. The largest absolute Gasteiger partial charge is 0.368 e. The Labute approximate surface area is 180 Å². The maximum Gasteiger partial charge on any atom is 0.227 e. The molecule has 2 rings (SSSR count). The number of halogens is 1. The minimum atomic E-state index is -0.477. The molecule has 0 aliphatic carbocycles. The quantitative estimate of drug-likeness (QED) is 0.381. The number of benzene rings is 1. The fourth-order valence-corrected chi connectivity index (χ4v) is 3.11. The predicted molar refractivity (Wildman–Crippen MR) is 124 cm³/mol. The molecule has 1 heterocycles. The second-order valence-electron chi connectivity index (χ2n) is 7.46. The molecule has 0 radical (unpaired) electrons. The molecule has 0 saturated carbocycles. The number of anilines is 1.